The quantitative estimate of drug-likeness (QED) is 0.0553. The number of nitrogens with two attached hydrogens (primary N) is 1. The number of carbonyl (C=O) groups excluding carboxylic acids is 8. The number of nitrogens with one attached hydrogen (secondary N) is 8. The zero-order chi connectivity index (χ0) is 41.9. The van der Waals surface area contributed by atoms with Gasteiger partial charge in [0.1, 0.15) is 35.7 Å². The molecule has 0 bridgehead atoms. The topological polar surface area (TPSA) is 259 Å². The molecule has 0 aliphatic rings. The van der Waals surface area contributed by atoms with Crippen molar-refractivity contribution in [2.24, 2.45) is 29.4 Å². The summed E-state index contributed by atoms with van der Waals surface area (Å²) >= 11 is 0. The van der Waals surface area contributed by atoms with Gasteiger partial charge in [-0.25, -0.2) is 0 Å². The largest absolute Gasteiger partial charge is 0.368 e. The van der Waals surface area contributed by atoms with Gasteiger partial charge < -0.3 is 48.3 Å². The van der Waals surface area contributed by atoms with E-state index in [0.717, 1.165) is 6.42 Å². The molecule has 0 saturated heterocycles. The van der Waals surface area contributed by atoms with Crippen LogP contribution in [0, 0.1) is 23.7 Å². The first-order chi connectivity index (χ1) is 24.9. The lowest BCUT2D eigenvalue weighted by molar-refractivity contribution is -0.138. The Morgan fingerprint density at radius 3 is 1.61 bits per heavy atom. The van der Waals surface area contributed by atoms with Crippen LogP contribution < -0.4 is 48.3 Å². The highest BCUT2D eigenvalue weighted by atomic mass is 16.2. The summed E-state index contributed by atoms with van der Waals surface area (Å²) in [7, 11) is 1.80. The molecule has 17 nitrogen and oxygen atoms in total. The molecule has 0 heterocycles. The average molecular weight is 768 g/mol. The van der Waals surface area contributed by atoms with Gasteiger partial charge in [0.2, 0.25) is 47.3 Å². The smallest absolute Gasteiger partial charge is 0.245 e. The van der Waals surface area contributed by atoms with E-state index in [0.29, 0.717) is 19.4 Å². The normalized spacial score (nSPS) is 14.4. The fourth-order valence-corrected chi connectivity index (χ4v) is 5.46. The maximum atomic E-state index is 13.7. The molecule has 0 radical (unpaired) electrons. The maximum Gasteiger partial charge on any atom is 0.245 e. The van der Waals surface area contributed by atoms with Crippen molar-refractivity contribution in [2.75, 3.05) is 20.1 Å². The summed E-state index contributed by atoms with van der Waals surface area (Å²) in [6.07, 6.45) is 2.12. The van der Waals surface area contributed by atoms with Gasteiger partial charge in [-0.15, -0.1) is 0 Å². The van der Waals surface area contributed by atoms with Gasteiger partial charge in [-0.05, 0) is 83.2 Å². The monoisotopic (exact) mass is 768 g/mol. The Kier molecular flexibility index (Phi) is 22.3. The zero-order valence-corrected chi connectivity index (χ0v) is 34.5. The number of unbranched alkanes of at least 4 members (excludes halogenated alkanes) is 1. The Morgan fingerprint density at radius 2 is 1.13 bits per heavy atom. The van der Waals surface area contributed by atoms with Gasteiger partial charge in [-0.1, -0.05) is 55.4 Å². The second kappa shape index (κ2) is 24.2. The van der Waals surface area contributed by atoms with E-state index in [2.05, 4.69) is 42.5 Å². The third-order valence-electron chi connectivity index (χ3n) is 8.50. The van der Waals surface area contributed by atoms with Gasteiger partial charge in [-0.2, -0.15) is 0 Å². The number of hydrogen-bond acceptors (Lipinski definition) is 9. The summed E-state index contributed by atoms with van der Waals surface area (Å²) < 4.78 is 0. The molecule has 0 aromatic rings. The van der Waals surface area contributed by atoms with Crippen LogP contribution in [-0.4, -0.2) is 103 Å². The molecule has 8 amide bonds. The second-order valence-corrected chi connectivity index (χ2v) is 16.0. The number of rotatable bonds is 25. The van der Waals surface area contributed by atoms with Crippen LogP contribution in [0.3, 0.4) is 0 Å². The Labute approximate surface area is 321 Å². The molecule has 0 fully saturated rings. The predicted octanol–water partition coefficient (Wildman–Crippen LogP) is -0.279. The third kappa shape index (κ3) is 19.2. The summed E-state index contributed by atoms with van der Waals surface area (Å²) in [4.78, 5) is 103. The first-order valence-electron chi connectivity index (χ1n) is 18.9. The Bertz CT molecular complexity index is 1290. The van der Waals surface area contributed by atoms with Crippen LogP contribution in [0.2, 0.25) is 0 Å². The number of carbonyl (C=O) groups is 8. The summed E-state index contributed by atoms with van der Waals surface area (Å²) in [6.45, 7) is 18.9. The highest BCUT2D eigenvalue weighted by molar-refractivity contribution is 5.98. The zero-order valence-electron chi connectivity index (χ0n) is 34.5. The van der Waals surface area contributed by atoms with E-state index in [9.17, 15) is 38.4 Å². The van der Waals surface area contributed by atoms with Gasteiger partial charge in [0.15, 0.2) is 0 Å². The fraction of sp³-hybridized carbons (Fsp3) is 0.784. The minimum atomic E-state index is -1.56. The number of primary amides is 1. The third-order valence-corrected chi connectivity index (χ3v) is 8.50. The van der Waals surface area contributed by atoms with Gasteiger partial charge in [0, 0.05) is 6.92 Å². The van der Waals surface area contributed by atoms with E-state index in [1.165, 1.54) is 20.8 Å². The molecule has 0 aromatic carbocycles. The fourth-order valence-electron chi connectivity index (χ4n) is 5.46. The van der Waals surface area contributed by atoms with E-state index in [1.807, 2.05) is 27.7 Å². The van der Waals surface area contributed by atoms with Crippen LogP contribution in [0.5, 0.6) is 0 Å². The van der Waals surface area contributed by atoms with Crippen molar-refractivity contribution < 1.29 is 38.4 Å². The molecular weight excluding hydrogens is 698 g/mol. The van der Waals surface area contributed by atoms with Crippen LogP contribution >= 0.6 is 0 Å². The highest BCUT2D eigenvalue weighted by Gasteiger charge is 2.37. The molecular formula is C37H69N9O8. The SMILES string of the molecule is CNCCCC[C@H](NC(=O)C(NC(=O)C(C)(C)NC(=O)C(CC(C)C)NC(=O)CNC(=O)C(NC(C)=O)C(C)C)C(C)C)C(=O)NC(CC(C)C)C(N)=O. The molecule has 0 aliphatic heterocycles. The summed E-state index contributed by atoms with van der Waals surface area (Å²) in [6, 6.07) is -4.96. The molecule has 54 heavy (non-hydrogen) atoms. The van der Waals surface area contributed by atoms with Crippen molar-refractivity contribution in [3.05, 3.63) is 0 Å². The van der Waals surface area contributed by atoms with Gasteiger partial charge in [0.05, 0.1) is 6.54 Å². The lowest BCUT2D eigenvalue weighted by atomic mass is 9.97. The van der Waals surface area contributed by atoms with Crippen LogP contribution in [0.15, 0.2) is 0 Å². The minimum Gasteiger partial charge on any atom is -0.368 e. The van der Waals surface area contributed by atoms with Crippen molar-refractivity contribution >= 4 is 47.3 Å². The van der Waals surface area contributed by atoms with Crippen molar-refractivity contribution in [2.45, 2.75) is 144 Å². The van der Waals surface area contributed by atoms with E-state index in [4.69, 9.17) is 5.73 Å². The average Bonchev–Trinajstić information content (AvgIpc) is 3.04. The predicted molar refractivity (Wildman–Crippen MR) is 206 cm³/mol. The first-order valence-corrected chi connectivity index (χ1v) is 18.9. The minimum absolute atomic E-state index is 0.0429. The van der Waals surface area contributed by atoms with Crippen molar-refractivity contribution in [1.82, 2.24) is 42.5 Å². The maximum absolute atomic E-state index is 13.7. The van der Waals surface area contributed by atoms with Crippen molar-refractivity contribution in [1.29, 1.82) is 0 Å². The lowest BCUT2D eigenvalue weighted by Gasteiger charge is -2.32. The standard InChI is InChI=1S/C37H69N9O8/c1-20(2)17-26(31(38)49)44-32(50)25(15-13-14-16-39-12)43-35(53)30(23(7)8)45-36(54)37(10,11)46-33(51)27(18-21(3)4)42-28(48)19-40-34(52)29(22(5)6)41-24(9)47/h20-23,25-27,29-30,39H,13-19H2,1-12H3,(H2,38,49)(H,40,52)(H,41,47)(H,42,48)(H,43,53)(H,44,50)(H,45,54)(H,46,51)/t25-,26?,27?,29?,30?/m0/s1. The molecule has 0 aliphatic carbocycles. The molecule has 0 saturated carbocycles. The Balaban J connectivity index is 5.87. The van der Waals surface area contributed by atoms with E-state index in [-0.39, 0.29) is 30.6 Å². The highest BCUT2D eigenvalue weighted by Crippen LogP contribution is 2.13. The molecule has 0 aromatic heterocycles. The van der Waals surface area contributed by atoms with Crippen LogP contribution in [0.4, 0.5) is 0 Å². The first kappa shape index (κ1) is 49.7. The Morgan fingerprint density at radius 1 is 0.611 bits per heavy atom. The number of amides is 8. The molecule has 0 spiro atoms. The van der Waals surface area contributed by atoms with Crippen LogP contribution in [0.1, 0.15) is 108 Å². The summed E-state index contributed by atoms with van der Waals surface area (Å²) in [5, 5.41) is 21.5. The molecule has 17 heteroatoms. The van der Waals surface area contributed by atoms with Gasteiger partial charge in [-0.3, -0.25) is 38.4 Å². The van der Waals surface area contributed by atoms with E-state index in [1.54, 1.807) is 34.7 Å². The molecule has 0 rings (SSSR count). The second-order valence-electron chi connectivity index (χ2n) is 16.0. The molecule has 5 atom stereocenters. The lowest BCUT2D eigenvalue weighted by Crippen LogP contribution is -2.63. The van der Waals surface area contributed by atoms with Crippen molar-refractivity contribution in [3.8, 4) is 0 Å². The van der Waals surface area contributed by atoms with E-state index < -0.39 is 95.5 Å². The van der Waals surface area contributed by atoms with Gasteiger partial charge >= 0.3 is 0 Å². The number of hydrogen-bond donors (Lipinski definition) is 9. The van der Waals surface area contributed by atoms with E-state index >= 15 is 0 Å². The van der Waals surface area contributed by atoms with Crippen LogP contribution in [-0.2, 0) is 38.4 Å². The summed E-state index contributed by atoms with van der Waals surface area (Å²) in [5.74, 6) is -5.47. The molecule has 10 N–H and O–H groups in total. The Hall–Kier alpha value is -4.28. The molecule has 4 unspecified atom stereocenters. The van der Waals surface area contributed by atoms with Crippen molar-refractivity contribution in [3.63, 3.8) is 0 Å². The van der Waals surface area contributed by atoms with Gasteiger partial charge in [0.25, 0.3) is 0 Å². The molecule has 310 valence electrons. The van der Waals surface area contributed by atoms with Crippen LogP contribution in [0.25, 0.3) is 0 Å². The summed E-state index contributed by atoms with van der Waals surface area (Å²) in [5.41, 5.74) is 3.98.